The maximum atomic E-state index is 13.8. The van der Waals surface area contributed by atoms with Crippen molar-refractivity contribution in [2.75, 3.05) is 6.54 Å². The molecule has 1 N–H and O–H groups in total. The zero-order chi connectivity index (χ0) is 13.7. The van der Waals surface area contributed by atoms with E-state index >= 15 is 0 Å². The number of hydrogen-bond donors (Lipinski definition) is 1. The van der Waals surface area contributed by atoms with Gasteiger partial charge in [0, 0.05) is 18.0 Å². The Morgan fingerprint density at radius 3 is 2.89 bits per heavy atom. The Morgan fingerprint density at radius 1 is 1.32 bits per heavy atom. The Kier molecular flexibility index (Phi) is 4.93. The van der Waals surface area contributed by atoms with Crippen molar-refractivity contribution in [3.05, 3.63) is 52.0 Å². The molecule has 0 amide bonds. The lowest BCUT2D eigenvalue weighted by atomic mass is 10.2. The van der Waals surface area contributed by atoms with Gasteiger partial charge in [-0.25, -0.2) is 4.39 Å². The number of aryl methyl sites for hydroxylation is 1. The monoisotopic (exact) mass is 279 g/mol. The summed E-state index contributed by atoms with van der Waals surface area (Å²) in [5, 5.41) is 5.36. The minimum atomic E-state index is -0.271. The molecule has 0 saturated heterocycles. The van der Waals surface area contributed by atoms with Crippen LogP contribution in [0.3, 0.4) is 0 Å². The molecule has 0 bridgehead atoms. The van der Waals surface area contributed by atoms with E-state index in [-0.39, 0.29) is 11.9 Å². The number of rotatable bonds is 6. The fourth-order valence-corrected chi connectivity index (χ4v) is 2.46. The molecule has 1 aromatic carbocycles. The number of benzene rings is 1. The molecule has 0 radical (unpaired) electrons. The lowest BCUT2D eigenvalue weighted by Gasteiger charge is -2.16. The Bertz CT molecular complexity index is 513. The summed E-state index contributed by atoms with van der Waals surface area (Å²) >= 11 is 1.72. The summed E-state index contributed by atoms with van der Waals surface area (Å²) in [6.45, 7) is 5.18. The van der Waals surface area contributed by atoms with E-state index in [1.807, 2.05) is 13.0 Å². The van der Waals surface area contributed by atoms with Crippen molar-refractivity contribution in [1.29, 1.82) is 0 Å². The first-order valence-corrected chi connectivity index (χ1v) is 7.19. The van der Waals surface area contributed by atoms with Crippen molar-refractivity contribution in [1.82, 2.24) is 5.32 Å². The quantitative estimate of drug-likeness (QED) is 0.869. The maximum Gasteiger partial charge on any atom is 0.167 e. The Balaban J connectivity index is 1.80. The smallest absolute Gasteiger partial charge is 0.167 e. The van der Waals surface area contributed by atoms with Crippen molar-refractivity contribution in [2.45, 2.75) is 26.5 Å². The predicted molar refractivity (Wildman–Crippen MR) is 77.3 cm³/mol. The first kappa shape index (κ1) is 14.0. The summed E-state index contributed by atoms with van der Waals surface area (Å²) in [4.78, 5) is 1.29. The fourth-order valence-electron chi connectivity index (χ4n) is 1.78. The second-order valence-electron chi connectivity index (χ2n) is 4.53. The molecule has 0 aliphatic carbocycles. The van der Waals surface area contributed by atoms with Gasteiger partial charge in [0.1, 0.15) is 6.10 Å². The number of ether oxygens (including phenoxy) is 1. The summed E-state index contributed by atoms with van der Waals surface area (Å²) in [7, 11) is 0. The normalized spacial score (nSPS) is 12.4. The predicted octanol–water partition coefficient (Wildman–Crippen LogP) is 3.75. The minimum Gasteiger partial charge on any atom is -0.486 e. The van der Waals surface area contributed by atoms with E-state index in [4.69, 9.17) is 4.74 Å². The molecule has 2 nitrogen and oxygen atoms in total. The first-order chi connectivity index (χ1) is 9.16. The molecule has 4 heteroatoms. The van der Waals surface area contributed by atoms with Crippen LogP contribution in [0.2, 0.25) is 0 Å². The first-order valence-electron chi connectivity index (χ1n) is 6.31. The number of halogens is 1. The summed E-state index contributed by atoms with van der Waals surface area (Å²) < 4.78 is 19.4. The van der Waals surface area contributed by atoms with Gasteiger partial charge in [0.15, 0.2) is 11.6 Å². The van der Waals surface area contributed by atoms with Crippen LogP contribution in [0, 0.1) is 12.7 Å². The van der Waals surface area contributed by atoms with Crippen molar-refractivity contribution < 1.29 is 9.13 Å². The second kappa shape index (κ2) is 6.68. The van der Waals surface area contributed by atoms with Gasteiger partial charge in [0.25, 0.3) is 0 Å². The van der Waals surface area contributed by atoms with Crippen LogP contribution in [-0.2, 0) is 6.54 Å². The average Bonchev–Trinajstić information content (AvgIpc) is 2.88. The van der Waals surface area contributed by atoms with Gasteiger partial charge in [-0.1, -0.05) is 18.2 Å². The molecule has 2 aromatic rings. The van der Waals surface area contributed by atoms with Crippen LogP contribution in [0.5, 0.6) is 5.75 Å². The van der Waals surface area contributed by atoms with E-state index in [1.165, 1.54) is 4.88 Å². The Labute approximate surface area is 117 Å². The zero-order valence-corrected chi connectivity index (χ0v) is 12.0. The van der Waals surface area contributed by atoms with Gasteiger partial charge < -0.3 is 10.1 Å². The van der Waals surface area contributed by atoms with Gasteiger partial charge in [-0.2, -0.15) is 0 Å². The highest BCUT2D eigenvalue weighted by atomic mass is 32.1. The molecule has 0 aliphatic rings. The fraction of sp³-hybridized carbons (Fsp3) is 0.333. The van der Waals surface area contributed by atoms with Gasteiger partial charge in [-0.15, -0.1) is 11.3 Å². The topological polar surface area (TPSA) is 21.3 Å². The van der Waals surface area contributed by atoms with Gasteiger partial charge in [-0.05, 0) is 36.9 Å². The van der Waals surface area contributed by atoms with E-state index in [0.717, 1.165) is 6.54 Å². The van der Waals surface area contributed by atoms with Crippen molar-refractivity contribution >= 4 is 11.3 Å². The third-order valence-corrected chi connectivity index (χ3v) is 3.67. The molecular weight excluding hydrogens is 261 g/mol. The van der Waals surface area contributed by atoms with E-state index in [2.05, 4.69) is 16.8 Å². The Morgan fingerprint density at radius 2 is 2.16 bits per heavy atom. The molecule has 0 spiro atoms. The van der Waals surface area contributed by atoms with E-state index in [9.17, 15) is 4.39 Å². The highest BCUT2D eigenvalue weighted by molar-refractivity contribution is 7.09. The molecule has 0 fully saturated rings. The van der Waals surface area contributed by atoms with Crippen LogP contribution in [-0.4, -0.2) is 12.6 Å². The highest BCUT2D eigenvalue weighted by Crippen LogP contribution is 2.20. The largest absolute Gasteiger partial charge is 0.486 e. The minimum absolute atomic E-state index is 0.0729. The highest BCUT2D eigenvalue weighted by Gasteiger charge is 2.09. The van der Waals surface area contributed by atoms with Crippen LogP contribution in [0.15, 0.2) is 35.7 Å². The summed E-state index contributed by atoms with van der Waals surface area (Å²) in [5.41, 5.74) is 0.608. The van der Waals surface area contributed by atoms with Gasteiger partial charge in [0.2, 0.25) is 0 Å². The molecule has 1 heterocycles. The molecule has 102 valence electrons. The number of nitrogens with one attached hydrogen (secondary N) is 1. The molecule has 1 atom stereocenters. The molecule has 1 unspecified atom stereocenters. The van der Waals surface area contributed by atoms with Crippen molar-refractivity contribution in [3.63, 3.8) is 0 Å². The van der Waals surface area contributed by atoms with Crippen molar-refractivity contribution in [2.24, 2.45) is 0 Å². The van der Waals surface area contributed by atoms with Crippen LogP contribution in [0.1, 0.15) is 17.4 Å². The molecule has 0 aliphatic heterocycles. The van der Waals surface area contributed by atoms with Crippen LogP contribution < -0.4 is 10.1 Å². The maximum absolute atomic E-state index is 13.8. The standard InChI is InChI=1S/C15H18FNOS/c1-11-5-3-7-14(15(11)16)18-12(2)9-17-10-13-6-4-8-19-13/h3-8,12,17H,9-10H2,1-2H3. The summed E-state index contributed by atoms with van der Waals surface area (Å²) in [5.74, 6) is 0.0537. The molecule has 19 heavy (non-hydrogen) atoms. The third-order valence-electron chi connectivity index (χ3n) is 2.80. The molecule has 0 saturated carbocycles. The third kappa shape index (κ3) is 4.04. The van der Waals surface area contributed by atoms with Crippen LogP contribution in [0.25, 0.3) is 0 Å². The SMILES string of the molecule is Cc1cccc(OC(C)CNCc2cccs2)c1F. The number of thiophene rings is 1. The van der Waals surface area contributed by atoms with Gasteiger partial charge >= 0.3 is 0 Å². The molecule has 2 rings (SSSR count). The average molecular weight is 279 g/mol. The van der Waals surface area contributed by atoms with Gasteiger partial charge in [0.05, 0.1) is 0 Å². The number of hydrogen-bond acceptors (Lipinski definition) is 3. The zero-order valence-electron chi connectivity index (χ0n) is 11.2. The second-order valence-corrected chi connectivity index (χ2v) is 5.56. The van der Waals surface area contributed by atoms with Gasteiger partial charge in [-0.3, -0.25) is 0 Å². The Hall–Kier alpha value is -1.39. The summed E-state index contributed by atoms with van der Waals surface area (Å²) in [6, 6.07) is 9.33. The van der Waals surface area contributed by atoms with Crippen LogP contribution in [0.4, 0.5) is 4.39 Å². The molecular formula is C15H18FNOS. The van der Waals surface area contributed by atoms with E-state index < -0.39 is 0 Å². The van der Waals surface area contributed by atoms with E-state index in [0.29, 0.717) is 17.9 Å². The lowest BCUT2D eigenvalue weighted by molar-refractivity contribution is 0.207. The summed E-state index contributed by atoms with van der Waals surface area (Å²) in [6.07, 6.45) is -0.0729. The molecule has 1 aromatic heterocycles. The van der Waals surface area contributed by atoms with Crippen molar-refractivity contribution in [3.8, 4) is 5.75 Å². The van der Waals surface area contributed by atoms with E-state index in [1.54, 1.807) is 36.5 Å². The lowest BCUT2D eigenvalue weighted by Crippen LogP contribution is -2.28. The van der Waals surface area contributed by atoms with Crippen LogP contribution >= 0.6 is 11.3 Å².